The lowest BCUT2D eigenvalue weighted by atomic mass is 10.1. The van der Waals surface area contributed by atoms with Gasteiger partial charge in [-0.2, -0.15) is 0 Å². The SMILES string of the molecule is Cc1nc(N2CCN(C(=O)C(C)C(=O)O)CC2)sc1C. The molecule has 7 heteroatoms. The van der Waals surface area contributed by atoms with Crippen LogP contribution in [0.25, 0.3) is 0 Å². The van der Waals surface area contributed by atoms with Crippen LogP contribution in [0.15, 0.2) is 0 Å². The van der Waals surface area contributed by atoms with Gasteiger partial charge in [-0.1, -0.05) is 0 Å². The number of piperazine rings is 1. The van der Waals surface area contributed by atoms with Crippen molar-refractivity contribution >= 4 is 28.3 Å². The Morgan fingerprint density at radius 2 is 1.85 bits per heavy atom. The Labute approximate surface area is 122 Å². The predicted molar refractivity (Wildman–Crippen MR) is 77.2 cm³/mol. The predicted octanol–water partition coefficient (Wildman–Crippen LogP) is 1.13. The van der Waals surface area contributed by atoms with E-state index in [1.807, 2.05) is 13.8 Å². The molecule has 0 aliphatic carbocycles. The zero-order chi connectivity index (χ0) is 14.9. The van der Waals surface area contributed by atoms with Crippen molar-refractivity contribution in [2.24, 2.45) is 5.92 Å². The number of rotatable bonds is 3. The van der Waals surface area contributed by atoms with Crippen LogP contribution in [0, 0.1) is 19.8 Å². The highest BCUT2D eigenvalue weighted by Crippen LogP contribution is 2.26. The number of carboxylic acid groups (broad SMARTS) is 1. The van der Waals surface area contributed by atoms with Crippen molar-refractivity contribution in [1.29, 1.82) is 0 Å². The van der Waals surface area contributed by atoms with Crippen molar-refractivity contribution in [2.45, 2.75) is 20.8 Å². The van der Waals surface area contributed by atoms with E-state index in [-0.39, 0.29) is 5.91 Å². The first-order valence-electron chi connectivity index (χ1n) is 6.60. The highest BCUT2D eigenvalue weighted by molar-refractivity contribution is 7.15. The van der Waals surface area contributed by atoms with Crippen molar-refractivity contribution in [3.05, 3.63) is 10.6 Å². The number of amides is 1. The topological polar surface area (TPSA) is 73.7 Å². The lowest BCUT2D eigenvalue weighted by molar-refractivity contribution is -0.150. The molecule has 1 fully saturated rings. The Bertz CT molecular complexity index is 501. The fraction of sp³-hybridized carbons (Fsp3) is 0.615. The Balaban J connectivity index is 1.95. The van der Waals surface area contributed by atoms with Crippen molar-refractivity contribution < 1.29 is 14.7 Å². The van der Waals surface area contributed by atoms with E-state index in [1.54, 1.807) is 16.2 Å². The summed E-state index contributed by atoms with van der Waals surface area (Å²) in [5.74, 6) is -2.34. The van der Waals surface area contributed by atoms with Gasteiger partial charge < -0.3 is 14.9 Å². The molecule has 1 N–H and O–H groups in total. The van der Waals surface area contributed by atoms with Crippen LogP contribution in [0.5, 0.6) is 0 Å². The summed E-state index contributed by atoms with van der Waals surface area (Å²) in [5.41, 5.74) is 1.04. The highest BCUT2D eigenvalue weighted by Gasteiger charge is 2.29. The highest BCUT2D eigenvalue weighted by atomic mass is 32.1. The molecule has 110 valence electrons. The first-order valence-corrected chi connectivity index (χ1v) is 7.42. The molecule has 20 heavy (non-hydrogen) atoms. The summed E-state index contributed by atoms with van der Waals surface area (Å²) in [6, 6.07) is 0. The van der Waals surface area contributed by atoms with E-state index in [0.717, 1.165) is 10.8 Å². The maximum atomic E-state index is 12.0. The monoisotopic (exact) mass is 297 g/mol. The number of anilines is 1. The van der Waals surface area contributed by atoms with Crippen LogP contribution in [-0.4, -0.2) is 53.0 Å². The molecule has 1 aromatic rings. The molecule has 0 aromatic carbocycles. The smallest absolute Gasteiger partial charge is 0.315 e. The third kappa shape index (κ3) is 2.92. The van der Waals surface area contributed by atoms with Gasteiger partial charge in [0.1, 0.15) is 5.92 Å². The average molecular weight is 297 g/mol. The molecule has 0 saturated carbocycles. The van der Waals surface area contributed by atoms with Gasteiger partial charge in [-0.15, -0.1) is 11.3 Å². The van der Waals surface area contributed by atoms with Crippen LogP contribution in [0.1, 0.15) is 17.5 Å². The zero-order valence-corrected chi connectivity index (χ0v) is 12.7. The molecule has 6 nitrogen and oxygen atoms in total. The molecular formula is C13H19N3O3S. The van der Waals surface area contributed by atoms with Gasteiger partial charge in [-0.25, -0.2) is 4.98 Å². The summed E-state index contributed by atoms with van der Waals surface area (Å²) in [5, 5.41) is 9.86. The van der Waals surface area contributed by atoms with Crippen LogP contribution < -0.4 is 4.90 Å². The van der Waals surface area contributed by atoms with E-state index < -0.39 is 11.9 Å². The number of nitrogens with zero attached hydrogens (tertiary/aromatic N) is 3. The standard InChI is InChI=1S/C13H19N3O3S/c1-8(12(18)19)11(17)15-4-6-16(7-5-15)13-14-9(2)10(3)20-13/h8H,4-7H2,1-3H3,(H,18,19). The number of aromatic nitrogens is 1. The molecule has 1 aromatic heterocycles. The summed E-state index contributed by atoms with van der Waals surface area (Å²) in [7, 11) is 0. The minimum Gasteiger partial charge on any atom is -0.481 e. The molecule has 0 bridgehead atoms. The van der Waals surface area contributed by atoms with Crippen LogP contribution >= 0.6 is 11.3 Å². The Morgan fingerprint density at radius 3 is 2.30 bits per heavy atom. The second-order valence-electron chi connectivity index (χ2n) is 5.01. The van der Waals surface area contributed by atoms with E-state index in [0.29, 0.717) is 26.2 Å². The molecule has 0 radical (unpaired) electrons. The van der Waals surface area contributed by atoms with Crippen molar-refractivity contribution in [3.63, 3.8) is 0 Å². The summed E-state index contributed by atoms with van der Waals surface area (Å²) in [6.07, 6.45) is 0. The fourth-order valence-corrected chi connectivity index (χ4v) is 3.05. The number of aliphatic carboxylic acids is 1. The second kappa shape index (κ2) is 5.78. The third-order valence-electron chi connectivity index (χ3n) is 3.62. The van der Waals surface area contributed by atoms with Crippen LogP contribution in [0.3, 0.4) is 0 Å². The first-order chi connectivity index (χ1) is 9.40. The molecule has 1 saturated heterocycles. The molecule has 1 aliphatic heterocycles. The van der Waals surface area contributed by atoms with Gasteiger partial charge >= 0.3 is 5.97 Å². The number of thiazole rings is 1. The Hall–Kier alpha value is -1.63. The largest absolute Gasteiger partial charge is 0.481 e. The van der Waals surface area contributed by atoms with Gasteiger partial charge in [-0.05, 0) is 20.8 Å². The minimum atomic E-state index is -1.07. The van der Waals surface area contributed by atoms with Gasteiger partial charge in [-0.3, -0.25) is 9.59 Å². The molecule has 1 unspecified atom stereocenters. The van der Waals surface area contributed by atoms with E-state index in [4.69, 9.17) is 5.11 Å². The summed E-state index contributed by atoms with van der Waals surface area (Å²) in [6.45, 7) is 7.97. The maximum Gasteiger partial charge on any atom is 0.315 e. The Morgan fingerprint density at radius 1 is 1.25 bits per heavy atom. The van der Waals surface area contributed by atoms with Crippen LogP contribution in [0.4, 0.5) is 5.13 Å². The van der Waals surface area contributed by atoms with Crippen molar-refractivity contribution in [1.82, 2.24) is 9.88 Å². The van der Waals surface area contributed by atoms with E-state index in [9.17, 15) is 9.59 Å². The summed E-state index contributed by atoms with van der Waals surface area (Å²) >= 11 is 1.66. The van der Waals surface area contributed by atoms with Crippen molar-refractivity contribution in [2.75, 3.05) is 31.1 Å². The number of hydrogen-bond acceptors (Lipinski definition) is 5. The number of hydrogen-bond donors (Lipinski definition) is 1. The molecule has 1 aliphatic rings. The molecule has 0 spiro atoms. The summed E-state index contributed by atoms with van der Waals surface area (Å²) < 4.78 is 0. The zero-order valence-electron chi connectivity index (χ0n) is 11.9. The lowest BCUT2D eigenvalue weighted by Gasteiger charge is -2.35. The number of aryl methyl sites for hydroxylation is 2. The summed E-state index contributed by atoms with van der Waals surface area (Å²) in [4.78, 5) is 32.3. The van der Waals surface area contributed by atoms with Crippen LogP contribution in [0.2, 0.25) is 0 Å². The molecule has 1 atom stereocenters. The first kappa shape index (κ1) is 14.8. The van der Waals surface area contributed by atoms with E-state index in [1.165, 1.54) is 11.8 Å². The number of carbonyl (C=O) groups excluding carboxylic acids is 1. The number of carbonyl (C=O) groups is 2. The molecule has 2 heterocycles. The average Bonchev–Trinajstić information content (AvgIpc) is 2.77. The van der Waals surface area contributed by atoms with Gasteiger partial charge in [0.2, 0.25) is 5.91 Å². The lowest BCUT2D eigenvalue weighted by Crippen LogP contribution is -2.51. The van der Waals surface area contributed by atoms with Gasteiger partial charge in [0.05, 0.1) is 5.69 Å². The molecular weight excluding hydrogens is 278 g/mol. The van der Waals surface area contributed by atoms with Gasteiger partial charge in [0.25, 0.3) is 0 Å². The third-order valence-corrected chi connectivity index (χ3v) is 4.75. The van der Waals surface area contributed by atoms with E-state index >= 15 is 0 Å². The van der Waals surface area contributed by atoms with Crippen molar-refractivity contribution in [3.8, 4) is 0 Å². The molecule has 2 rings (SSSR count). The number of carboxylic acids is 1. The van der Waals surface area contributed by atoms with Gasteiger partial charge in [0.15, 0.2) is 5.13 Å². The normalized spacial score (nSPS) is 17.1. The minimum absolute atomic E-state index is 0.302. The fourth-order valence-electron chi connectivity index (χ4n) is 2.09. The molecule has 1 amide bonds. The quantitative estimate of drug-likeness (QED) is 0.847. The van der Waals surface area contributed by atoms with Gasteiger partial charge in [0, 0.05) is 31.1 Å². The maximum absolute atomic E-state index is 12.0. The Kier molecular flexibility index (Phi) is 4.27. The second-order valence-corrected chi connectivity index (χ2v) is 6.19. The van der Waals surface area contributed by atoms with E-state index in [2.05, 4.69) is 9.88 Å². The van der Waals surface area contributed by atoms with Crippen LogP contribution in [-0.2, 0) is 9.59 Å².